The summed E-state index contributed by atoms with van der Waals surface area (Å²) in [4.78, 5) is 23.5. The quantitative estimate of drug-likeness (QED) is 0.774. The maximum absolute atomic E-state index is 12.1. The van der Waals surface area contributed by atoms with Gasteiger partial charge in [-0.15, -0.1) is 0 Å². The smallest absolute Gasteiger partial charge is 0.344 e. The number of esters is 1. The van der Waals surface area contributed by atoms with E-state index >= 15 is 0 Å². The second-order valence-corrected chi connectivity index (χ2v) is 6.46. The number of aliphatic carboxylic acids is 1. The third kappa shape index (κ3) is 3.57. The zero-order valence-electron chi connectivity index (χ0n) is 14.7. The number of ether oxygens (including phenoxy) is 2. The molecule has 1 atom stereocenters. The first-order chi connectivity index (χ1) is 12.5. The molecule has 0 fully saturated rings. The molecule has 2 aromatic carbocycles. The van der Waals surface area contributed by atoms with E-state index in [1.165, 1.54) is 0 Å². The number of carbonyl (C=O) groups excluding carboxylic acids is 1. The first-order valence-electron chi connectivity index (χ1n) is 8.74. The van der Waals surface area contributed by atoms with E-state index in [9.17, 15) is 14.7 Å². The van der Waals surface area contributed by atoms with Gasteiger partial charge in [-0.05, 0) is 55.0 Å². The number of rotatable bonds is 7. The van der Waals surface area contributed by atoms with Crippen molar-refractivity contribution in [3.63, 3.8) is 0 Å². The Labute approximate surface area is 152 Å². The summed E-state index contributed by atoms with van der Waals surface area (Å²) >= 11 is 0. The fourth-order valence-electron chi connectivity index (χ4n) is 3.57. The maximum atomic E-state index is 12.1. The first-order valence-corrected chi connectivity index (χ1v) is 8.74. The Balaban J connectivity index is 1.74. The van der Waals surface area contributed by atoms with Crippen molar-refractivity contribution in [3.8, 4) is 5.75 Å². The number of carbonyl (C=O) groups is 2. The summed E-state index contributed by atoms with van der Waals surface area (Å²) in [6.45, 7) is 1.92. The van der Waals surface area contributed by atoms with Crippen molar-refractivity contribution in [1.29, 1.82) is 0 Å². The fourth-order valence-corrected chi connectivity index (χ4v) is 3.57. The second-order valence-electron chi connectivity index (χ2n) is 6.46. The van der Waals surface area contributed by atoms with Gasteiger partial charge in [0.25, 0.3) is 0 Å². The summed E-state index contributed by atoms with van der Waals surface area (Å²) in [5, 5.41) is 9.95. The normalized spacial score (nSPS) is 18.2. The number of carboxylic acid groups (broad SMARTS) is 1. The minimum atomic E-state index is -0.885. The Morgan fingerprint density at radius 3 is 2.54 bits per heavy atom. The lowest BCUT2D eigenvalue weighted by atomic mass is 9.76. The second kappa shape index (κ2) is 7.60. The van der Waals surface area contributed by atoms with Crippen LogP contribution in [0.4, 0.5) is 0 Å². The molecule has 1 aliphatic carbocycles. The molecular formula is C21H22O5. The third-order valence-corrected chi connectivity index (χ3v) is 4.85. The molecule has 1 N–H and O–H groups in total. The van der Waals surface area contributed by atoms with Gasteiger partial charge in [0.15, 0.2) is 6.61 Å². The molecule has 0 saturated carbocycles. The molecule has 0 spiro atoms. The van der Waals surface area contributed by atoms with E-state index in [0.717, 1.165) is 23.1 Å². The van der Waals surface area contributed by atoms with Crippen LogP contribution >= 0.6 is 0 Å². The largest absolute Gasteiger partial charge is 0.482 e. The van der Waals surface area contributed by atoms with Crippen molar-refractivity contribution >= 4 is 11.9 Å². The lowest BCUT2D eigenvalue weighted by molar-refractivity contribution is -0.145. The van der Waals surface area contributed by atoms with Crippen molar-refractivity contribution in [2.24, 2.45) is 0 Å². The molecule has 0 radical (unpaired) electrons. The van der Waals surface area contributed by atoms with Gasteiger partial charge in [-0.3, -0.25) is 4.79 Å². The van der Waals surface area contributed by atoms with Crippen LogP contribution in [0.5, 0.6) is 5.75 Å². The Hall–Kier alpha value is -2.82. The number of aryl methyl sites for hydroxylation is 1. The summed E-state index contributed by atoms with van der Waals surface area (Å²) in [6.07, 6.45) is 1.81. The number of hydrogen-bond donors (Lipinski definition) is 1. The molecule has 0 aliphatic heterocycles. The number of hydrogen-bond acceptors (Lipinski definition) is 4. The summed E-state index contributed by atoms with van der Waals surface area (Å²) in [5.41, 5.74) is 2.07. The average molecular weight is 354 g/mol. The van der Waals surface area contributed by atoms with E-state index in [1.54, 1.807) is 19.1 Å². The predicted octanol–water partition coefficient (Wildman–Crippen LogP) is 3.14. The standard InChI is InChI=1S/C21H22O5/c1-2-25-19(22)14-26-17-9-7-15(8-10-17)13-21(20(23)24)12-11-16-5-3-4-6-18(16)21/h3-10H,2,11-14H2,1H3,(H,23,24). The minimum Gasteiger partial charge on any atom is -0.482 e. The Bertz CT molecular complexity index is 796. The van der Waals surface area contributed by atoms with Gasteiger partial charge in [0.2, 0.25) is 0 Å². The third-order valence-electron chi connectivity index (χ3n) is 4.85. The van der Waals surface area contributed by atoms with Gasteiger partial charge < -0.3 is 14.6 Å². The highest BCUT2D eigenvalue weighted by atomic mass is 16.6. The van der Waals surface area contributed by atoms with Gasteiger partial charge in [-0.2, -0.15) is 0 Å². The molecule has 2 aromatic rings. The molecule has 136 valence electrons. The van der Waals surface area contributed by atoms with Gasteiger partial charge >= 0.3 is 11.9 Å². The Morgan fingerprint density at radius 1 is 1.12 bits per heavy atom. The van der Waals surface area contributed by atoms with E-state index in [-0.39, 0.29) is 6.61 Å². The monoisotopic (exact) mass is 354 g/mol. The Kier molecular flexibility index (Phi) is 5.26. The highest BCUT2D eigenvalue weighted by Gasteiger charge is 2.45. The zero-order chi connectivity index (χ0) is 18.6. The number of benzene rings is 2. The topological polar surface area (TPSA) is 72.8 Å². The van der Waals surface area contributed by atoms with Gasteiger partial charge in [-0.25, -0.2) is 4.79 Å². The van der Waals surface area contributed by atoms with Gasteiger partial charge in [-0.1, -0.05) is 36.4 Å². The van der Waals surface area contributed by atoms with Crippen molar-refractivity contribution in [1.82, 2.24) is 0 Å². The molecule has 26 heavy (non-hydrogen) atoms. The average Bonchev–Trinajstić information content (AvgIpc) is 3.02. The van der Waals surface area contributed by atoms with Crippen LogP contribution in [0, 0.1) is 0 Å². The van der Waals surface area contributed by atoms with Crippen molar-refractivity contribution < 1.29 is 24.2 Å². The molecule has 5 heteroatoms. The molecule has 1 unspecified atom stereocenters. The highest BCUT2D eigenvalue weighted by Crippen LogP contribution is 2.41. The molecule has 0 amide bonds. The van der Waals surface area contributed by atoms with E-state index in [2.05, 4.69) is 0 Å². The number of carboxylic acids is 1. The Morgan fingerprint density at radius 2 is 1.85 bits per heavy atom. The van der Waals surface area contributed by atoms with Crippen molar-refractivity contribution in [2.45, 2.75) is 31.6 Å². The van der Waals surface area contributed by atoms with Crippen LogP contribution in [0.2, 0.25) is 0 Å². The van der Waals surface area contributed by atoms with Gasteiger partial charge in [0.1, 0.15) is 5.75 Å². The van der Waals surface area contributed by atoms with Crippen LogP contribution in [0.1, 0.15) is 30.0 Å². The van der Waals surface area contributed by atoms with E-state index < -0.39 is 17.4 Å². The molecule has 0 saturated heterocycles. The van der Waals surface area contributed by atoms with Crippen LogP contribution in [0.3, 0.4) is 0 Å². The number of fused-ring (bicyclic) bond motifs is 1. The summed E-state index contributed by atoms with van der Waals surface area (Å²) < 4.78 is 10.2. The summed E-state index contributed by atoms with van der Waals surface area (Å²) in [6, 6.07) is 15.0. The van der Waals surface area contributed by atoms with E-state index in [1.807, 2.05) is 36.4 Å². The molecule has 0 aromatic heterocycles. The molecule has 0 heterocycles. The summed E-state index contributed by atoms with van der Waals surface area (Å²) in [7, 11) is 0. The lowest BCUT2D eigenvalue weighted by Gasteiger charge is -2.26. The maximum Gasteiger partial charge on any atom is 0.344 e. The van der Waals surface area contributed by atoms with Crippen LogP contribution in [-0.2, 0) is 32.6 Å². The van der Waals surface area contributed by atoms with E-state index in [4.69, 9.17) is 9.47 Å². The fraction of sp³-hybridized carbons (Fsp3) is 0.333. The minimum absolute atomic E-state index is 0.139. The van der Waals surface area contributed by atoms with Crippen LogP contribution in [-0.4, -0.2) is 30.3 Å². The van der Waals surface area contributed by atoms with Crippen LogP contribution in [0.15, 0.2) is 48.5 Å². The molecule has 1 aliphatic rings. The molecule has 5 nitrogen and oxygen atoms in total. The van der Waals surface area contributed by atoms with Crippen LogP contribution < -0.4 is 4.74 Å². The SMILES string of the molecule is CCOC(=O)COc1ccc(CC2(C(=O)O)CCc3ccccc32)cc1. The predicted molar refractivity (Wildman–Crippen MR) is 96.4 cm³/mol. The summed E-state index contributed by atoms with van der Waals surface area (Å²) in [5.74, 6) is -0.646. The van der Waals surface area contributed by atoms with Gasteiger partial charge in [0, 0.05) is 0 Å². The van der Waals surface area contributed by atoms with E-state index in [0.29, 0.717) is 25.2 Å². The first kappa shape index (κ1) is 18.0. The van der Waals surface area contributed by atoms with Crippen molar-refractivity contribution in [2.75, 3.05) is 13.2 Å². The molecule has 3 rings (SSSR count). The van der Waals surface area contributed by atoms with Crippen molar-refractivity contribution in [3.05, 3.63) is 65.2 Å². The zero-order valence-corrected chi connectivity index (χ0v) is 14.7. The van der Waals surface area contributed by atoms with Gasteiger partial charge in [0.05, 0.1) is 12.0 Å². The molecule has 0 bridgehead atoms. The molecular weight excluding hydrogens is 332 g/mol. The van der Waals surface area contributed by atoms with Crippen LogP contribution in [0.25, 0.3) is 0 Å². The lowest BCUT2D eigenvalue weighted by Crippen LogP contribution is -2.35. The highest BCUT2D eigenvalue weighted by molar-refractivity contribution is 5.83.